The van der Waals surface area contributed by atoms with Crippen LogP contribution in [0.3, 0.4) is 0 Å². The zero-order chi connectivity index (χ0) is 14.8. The quantitative estimate of drug-likeness (QED) is 0.706. The molecule has 0 aliphatic rings. The maximum Gasteiger partial charge on any atom is 0.239 e. The van der Waals surface area contributed by atoms with E-state index in [1.165, 1.54) is 0 Å². The Kier molecular flexibility index (Phi) is 7.17. The maximum absolute atomic E-state index is 11.5. The monoisotopic (exact) mass is 278 g/mol. The molecule has 0 aliphatic heterocycles. The first-order chi connectivity index (χ1) is 9.61. The van der Waals surface area contributed by atoms with Crippen molar-refractivity contribution in [1.82, 2.24) is 10.6 Å². The lowest BCUT2D eigenvalue weighted by atomic mass is 10.2. The van der Waals surface area contributed by atoms with Crippen molar-refractivity contribution in [3.05, 3.63) is 29.8 Å². The molecule has 0 spiro atoms. The van der Waals surface area contributed by atoms with Crippen molar-refractivity contribution in [2.24, 2.45) is 0 Å². The lowest BCUT2D eigenvalue weighted by Gasteiger charge is -2.07. The van der Waals surface area contributed by atoms with Crippen molar-refractivity contribution < 1.29 is 14.3 Å². The molecule has 0 heterocycles. The van der Waals surface area contributed by atoms with Crippen molar-refractivity contribution in [3.63, 3.8) is 0 Å². The van der Waals surface area contributed by atoms with Crippen LogP contribution < -0.4 is 15.4 Å². The number of aryl methyl sites for hydroxylation is 1. The van der Waals surface area contributed by atoms with Gasteiger partial charge in [0.2, 0.25) is 11.8 Å². The molecule has 0 bridgehead atoms. The molecule has 0 unspecified atom stereocenters. The number of carbonyl (C=O) groups is 2. The van der Waals surface area contributed by atoms with Crippen LogP contribution >= 0.6 is 0 Å². The van der Waals surface area contributed by atoms with E-state index in [-0.39, 0.29) is 18.4 Å². The summed E-state index contributed by atoms with van der Waals surface area (Å²) in [5.74, 6) is 0.508. The summed E-state index contributed by atoms with van der Waals surface area (Å²) in [7, 11) is 0. The van der Waals surface area contributed by atoms with Gasteiger partial charge in [0.1, 0.15) is 5.75 Å². The average molecular weight is 278 g/mol. The van der Waals surface area contributed by atoms with E-state index in [0.29, 0.717) is 26.0 Å². The van der Waals surface area contributed by atoms with E-state index in [4.69, 9.17) is 4.74 Å². The SMILES string of the molecule is CCNC(=O)CNC(=O)CCCOc1cccc(C)c1. The summed E-state index contributed by atoms with van der Waals surface area (Å²) < 4.78 is 5.54. The molecule has 0 atom stereocenters. The topological polar surface area (TPSA) is 67.4 Å². The minimum Gasteiger partial charge on any atom is -0.494 e. The number of likely N-dealkylation sites (N-methyl/N-ethyl adjacent to an activating group) is 1. The molecule has 1 aromatic carbocycles. The fraction of sp³-hybridized carbons (Fsp3) is 0.467. The van der Waals surface area contributed by atoms with Gasteiger partial charge in [-0.1, -0.05) is 12.1 Å². The Labute approximate surface area is 119 Å². The third-order valence-electron chi connectivity index (χ3n) is 2.63. The van der Waals surface area contributed by atoms with E-state index in [1.54, 1.807) is 0 Å². The van der Waals surface area contributed by atoms with E-state index in [1.807, 2.05) is 38.1 Å². The number of hydrogen-bond acceptors (Lipinski definition) is 3. The Balaban J connectivity index is 2.11. The van der Waals surface area contributed by atoms with Gasteiger partial charge in [0.25, 0.3) is 0 Å². The summed E-state index contributed by atoms with van der Waals surface area (Å²) in [4.78, 5) is 22.6. The normalized spacial score (nSPS) is 9.90. The van der Waals surface area contributed by atoms with Gasteiger partial charge in [-0.3, -0.25) is 9.59 Å². The molecule has 1 rings (SSSR count). The van der Waals surface area contributed by atoms with Gasteiger partial charge in [-0.25, -0.2) is 0 Å². The van der Waals surface area contributed by atoms with Gasteiger partial charge in [0, 0.05) is 13.0 Å². The molecule has 0 radical (unpaired) electrons. The van der Waals surface area contributed by atoms with Crippen LogP contribution in [0.1, 0.15) is 25.3 Å². The minimum atomic E-state index is -0.170. The molecule has 1 aromatic rings. The van der Waals surface area contributed by atoms with Crippen LogP contribution in [0.25, 0.3) is 0 Å². The molecule has 20 heavy (non-hydrogen) atoms. The standard InChI is InChI=1S/C15H22N2O3/c1-3-16-15(19)11-17-14(18)8-5-9-20-13-7-4-6-12(2)10-13/h4,6-7,10H,3,5,8-9,11H2,1-2H3,(H,16,19)(H,17,18). The van der Waals surface area contributed by atoms with E-state index in [9.17, 15) is 9.59 Å². The molecular weight excluding hydrogens is 256 g/mol. The highest BCUT2D eigenvalue weighted by Gasteiger charge is 2.04. The van der Waals surface area contributed by atoms with Crippen LogP contribution in [0.4, 0.5) is 0 Å². The Morgan fingerprint density at radius 1 is 1.20 bits per heavy atom. The maximum atomic E-state index is 11.5. The van der Waals surface area contributed by atoms with Gasteiger partial charge in [-0.2, -0.15) is 0 Å². The second kappa shape index (κ2) is 8.96. The number of rotatable bonds is 8. The molecule has 0 fully saturated rings. The lowest BCUT2D eigenvalue weighted by Crippen LogP contribution is -2.36. The van der Waals surface area contributed by atoms with E-state index in [2.05, 4.69) is 10.6 Å². The second-order valence-corrected chi connectivity index (χ2v) is 4.50. The highest BCUT2D eigenvalue weighted by molar-refractivity contribution is 5.84. The van der Waals surface area contributed by atoms with Crippen molar-refractivity contribution in [3.8, 4) is 5.75 Å². The molecular formula is C15H22N2O3. The fourth-order valence-corrected chi connectivity index (χ4v) is 1.65. The van der Waals surface area contributed by atoms with Crippen molar-refractivity contribution in [1.29, 1.82) is 0 Å². The molecule has 0 aliphatic carbocycles. The first-order valence-corrected chi connectivity index (χ1v) is 6.84. The van der Waals surface area contributed by atoms with Crippen molar-refractivity contribution in [2.45, 2.75) is 26.7 Å². The molecule has 2 amide bonds. The number of ether oxygens (including phenoxy) is 1. The molecule has 2 N–H and O–H groups in total. The highest BCUT2D eigenvalue weighted by Crippen LogP contribution is 2.12. The summed E-state index contributed by atoms with van der Waals surface area (Å²) in [6, 6.07) is 7.78. The third kappa shape index (κ3) is 6.78. The number of hydrogen-bond donors (Lipinski definition) is 2. The molecule has 5 heteroatoms. The summed E-state index contributed by atoms with van der Waals surface area (Å²) in [6.45, 7) is 4.92. The Bertz CT molecular complexity index is 446. The number of benzene rings is 1. The molecule has 0 saturated carbocycles. The number of carbonyl (C=O) groups excluding carboxylic acids is 2. The van der Waals surface area contributed by atoms with Crippen molar-refractivity contribution in [2.75, 3.05) is 19.7 Å². The predicted octanol–water partition coefficient (Wildman–Crippen LogP) is 1.41. The molecule has 5 nitrogen and oxygen atoms in total. The first-order valence-electron chi connectivity index (χ1n) is 6.84. The van der Waals surface area contributed by atoms with E-state index in [0.717, 1.165) is 11.3 Å². The van der Waals surface area contributed by atoms with Gasteiger partial charge in [0.05, 0.1) is 13.2 Å². The largest absolute Gasteiger partial charge is 0.494 e. The highest BCUT2D eigenvalue weighted by atomic mass is 16.5. The van der Waals surface area contributed by atoms with Crippen LogP contribution in [-0.4, -0.2) is 31.5 Å². The number of amides is 2. The third-order valence-corrected chi connectivity index (χ3v) is 2.63. The fourth-order valence-electron chi connectivity index (χ4n) is 1.65. The van der Waals surface area contributed by atoms with Gasteiger partial charge >= 0.3 is 0 Å². The van der Waals surface area contributed by atoms with Crippen LogP contribution in [0, 0.1) is 6.92 Å². The zero-order valence-corrected chi connectivity index (χ0v) is 12.1. The van der Waals surface area contributed by atoms with Gasteiger partial charge in [-0.15, -0.1) is 0 Å². The average Bonchev–Trinajstić information content (AvgIpc) is 2.42. The van der Waals surface area contributed by atoms with Gasteiger partial charge < -0.3 is 15.4 Å². The van der Waals surface area contributed by atoms with Crippen LogP contribution in [0.2, 0.25) is 0 Å². The Morgan fingerprint density at radius 3 is 2.70 bits per heavy atom. The first kappa shape index (κ1) is 16.0. The van der Waals surface area contributed by atoms with Crippen LogP contribution in [0.5, 0.6) is 5.75 Å². The predicted molar refractivity (Wildman–Crippen MR) is 77.6 cm³/mol. The van der Waals surface area contributed by atoms with Crippen LogP contribution in [-0.2, 0) is 9.59 Å². The van der Waals surface area contributed by atoms with Gasteiger partial charge in [-0.05, 0) is 38.0 Å². The van der Waals surface area contributed by atoms with Crippen molar-refractivity contribution >= 4 is 11.8 Å². The van der Waals surface area contributed by atoms with E-state index >= 15 is 0 Å². The summed E-state index contributed by atoms with van der Waals surface area (Å²) >= 11 is 0. The molecule has 0 aromatic heterocycles. The lowest BCUT2D eigenvalue weighted by molar-refractivity contribution is -0.126. The number of nitrogens with one attached hydrogen (secondary N) is 2. The van der Waals surface area contributed by atoms with Gasteiger partial charge in [0.15, 0.2) is 0 Å². The Hall–Kier alpha value is -2.04. The molecule has 0 saturated heterocycles. The summed E-state index contributed by atoms with van der Waals surface area (Å²) in [5, 5.41) is 5.19. The molecule has 110 valence electrons. The second-order valence-electron chi connectivity index (χ2n) is 4.50. The summed E-state index contributed by atoms with van der Waals surface area (Å²) in [5.41, 5.74) is 1.14. The smallest absolute Gasteiger partial charge is 0.239 e. The minimum absolute atomic E-state index is 0.0331. The zero-order valence-electron chi connectivity index (χ0n) is 12.1. The van der Waals surface area contributed by atoms with Crippen LogP contribution in [0.15, 0.2) is 24.3 Å². The summed E-state index contributed by atoms with van der Waals surface area (Å²) in [6.07, 6.45) is 0.973. The Morgan fingerprint density at radius 2 is 2.00 bits per heavy atom. The van der Waals surface area contributed by atoms with E-state index < -0.39 is 0 Å².